The van der Waals surface area contributed by atoms with Gasteiger partial charge in [-0.3, -0.25) is 9.48 Å². The quantitative estimate of drug-likeness (QED) is 0.386. The monoisotopic (exact) mass is 491 g/mol. The second kappa shape index (κ2) is 9.53. The van der Waals surface area contributed by atoms with Gasteiger partial charge in [0, 0.05) is 56.5 Å². The zero-order valence-electron chi connectivity index (χ0n) is 19.4. The summed E-state index contributed by atoms with van der Waals surface area (Å²) in [6.45, 7) is 1.76. The molecule has 1 atom stereocenters. The molecule has 1 saturated heterocycles. The van der Waals surface area contributed by atoms with E-state index in [0.29, 0.717) is 54.8 Å². The fraction of sp³-hybridized carbons (Fsp3) is 0.292. The van der Waals surface area contributed by atoms with Crippen molar-refractivity contribution in [3.05, 3.63) is 59.7 Å². The molecule has 4 heterocycles. The predicted molar refractivity (Wildman–Crippen MR) is 132 cm³/mol. The number of rotatable bonds is 8. The maximum atomic E-state index is 12.5. The lowest BCUT2D eigenvalue weighted by Gasteiger charge is -2.21. The van der Waals surface area contributed by atoms with Gasteiger partial charge in [0.15, 0.2) is 11.4 Å². The van der Waals surface area contributed by atoms with E-state index in [4.69, 9.17) is 9.72 Å². The lowest BCUT2D eigenvalue weighted by molar-refractivity contribution is -0.143. The van der Waals surface area contributed by atoms with E-state index in [-0.39, 0.29) is 5.91 Å². The molecule has 1 amide bonds. The normalized spacial score (nSPS) is 17.8. The number of amides is 1. The Balaban J connectivity index is 1.35. The lowest BCUT2D eigenvalue weighted by atomic mass is 9.91. The highest BCUT2D eigenvalue weighted by atomic mass is 32.1. The number of hydrogen-bond donors (Lipinski definition) is 2. The number of aliphatic hydroxyl groups is 1. The Labute approximate surface area is 206 Å². The molecule has 0 spiro atoms. The smallest absolute Gasteiger partial charge is 0.258 e. The van der Waals surface area contributed by atoms with Crippen LogP contribution < -0.4 is 5.32 Å². The first-order valence-electron chi connectivity index (χ1n) is 11.1. The van der Waals surface area contributed by atoms with Crippen LogP contribution in [0.2, 0.25) is 0 Å². The van der Waals surface area contributed by atoms with Crippen molar-refractivity contribution < 1.29 is 14.6 Å². The molecule has 0 saturated carbocycles. The molecule has 1 aliphatic rings. The van der Waals surface area contributed by atoms with Gasteiger partial charge in [-0.25, -0.2) is 15.0 Å². The molecule has 4 aromatic rings. The van der Waals surface area contributed by atoms with Crippen molar-refractivity contribution in [1.82, 2.24) is 29.6 Å². The predicted octanol–water partition coefficient (Wildman–Crippen LogP) is 2.90. The Bertz CT molecular complexity index is 1350. The molecule has 0 radical (unpaired) electrons. The molecule has 11 heteroatoms. The van der Waals surface area contributed by atoms with Gasteiger partial charge in [-0.15, -0.1) is 11.3 Å². The second-order valence-electron chi connectivity index (χ2n) is 8.30. The number of methoxy groups -OCH3 is 1. The van der Waals surface area contributed by atoms with Crippen LogP contribution in [0, 0.1) is 0 Å². The van der Waals surface area contributed by atoms with Gasteiger partial charge in [-0.05, 0) is 17.7 Å². The highest BCUT2D eigenvalue weighted by molar-refractivity contribution is 7.13. The summed E-state index contributed by atoms with van der Waals surface area (Å²) in [5.41, 5.74) is 1.31. The molecule has 35 heavy (non-hydrogen) atoms. The Kier molecular flexibility index (Phi) is 6.29. The fourth-order valence-corrected chi connectivity index (χ4v) is 4.78. The van der Waals surface area contributed by atoms with Gasteiger partial charge in [0.25, 0.3) is 5.91 Å². The van der Waals surface area contributed by atoms with E-state index in [1.165, 1.54) is 11.3 Å². The molecule has 1 aromatic carbocycles. The maximum Gasteiger partial charge on any atom is 0.258 e. The number of benzene rings is 1. The zero-order valence-corrected chi connectivity index (χ0v) is 20.2. The van der Waals surface area contributed by atoms with Crippen LogP contribution in [0.4, 0.5) is 11.8 Å². The van der Waals surface area contributed by atoms with Crippen molar-refractivity contribution in [3.63, 3.8) is 0 Å². The number of carbonyl (C=O) groups excluding carboxylic acids is 1. The maximum absolute atomic E-state index is 12.5. The molecule has 1 aliphatic heterocycles. The van der Waals surface area contributed by atoms with Crippen molar-refractivity contribution >= 4 is 29.0 Å². The summed E-state index contributed by atoms with van der Waals surface area (Å²) in [5, 5.41) is 21.3. The minimum absolute atomic E-state index is 0.279. The number of nitrogens with one attached hydrogen (secondary N) is 1. The highest BCUT2D eigenvalue weighted by Crippen LogP contribution is 2.36. The molecule has 1 unspecified atom stereocenters. The first-order valence-corrected chi connectivity index (χ1v) is 12.0. The number of aromatic nitrogens is 5. The standard InChI is InChI=1S/C24H25N7O3S/c1-30-11-8-24(33,22(30)32)17-5-3-4-16(14-17)21-26-19(15-35-21)18-6-9-25-23(27-18)28-20-7-10-31(29-20)12-13-34-2/h3-7,9-10,14-15,33H,8,11-13H2,1-2H3,(H,25,27,28,29). The Morgan fingerprint density at radius 3 is 2.91 bits per heavy atom. The van der Waals surface area contributed by atoms with Crippen LogP contribution in [-0.4, -0.2) is 68.0 Å². The second-order valence-corrected chi connectivity index (χ2v) is 9.16. The van der Waals surface area contributed by atoms with Crippen molar-refractivity contribution in [1.29, 1.82) is 0 Å². The summed E-state index contributed by atoms with van der Waals surface area (Å²) in [5.74, 6) is 0.778. The van der Waals surface area contributed by atoms with Gasteiger partial charge in [-0.2, -0.15) is 5.10 Å². The van der Waals surface area contributed by atoms with Crippen LogP contribution in [0.25, 0.3) is 22.0 Å². The van der Waals surface area contributed by atoms with E-state index in [2.05, 4.69) is 20.4 Å². The number of thiazole rings is 1. The highest BCUT2D eigenvalue weighted by Gasteiger charge is 2.45. The number of nitrogens with zero attached hydrogens (tertiary/aromatic N) is 6. The summed E-state index contributed by atoms with van der Waals surface area (Å²) in [7, 11) is 3.36. The van der Waals surface area contributed by atoms with Crippen LogP contribution in [0.3, 0.4) is 0 Å². The topological polar surface area (TPSA) is 118 Å². The first-order chi connectivity index (χ1) is 17.0. The minimum Gasteiger partial charge on any atom is -0.383 e. The van der Waals surface area contributed by atoms with Gasteiger partial charge in [0.05, 0.1) is 18.8 Å². The molecule has 0 bridgehead atoms. The van der Waals surface area contributed by atoms with Crippen LogP contribution in [0.1, 0.15) is 12.0 Å². The molecule has 3 aromatic heterocycles. The van der Waals surface area contributed by atoms with Gasteiger partial charge < -0.3 is 20.1 Å². The first kappa shape index (κ1) is 23.1. The third kappa shape index (κ3) is 4.65. The summed E-state index contributed by atoms with van der Waals surface area (Å²) >= 11 is 1.47. The third-order valence-electron chi connectivity index (χ3n) is 5.92. The molecule has 10 nitrogen and oxygen atoms in total. The van der Waals surface area contributed by atoms with E-state index in [9.17, 15) is 9.90 Å². The van der Waals surface area contributed by atoms with E-state index < -0.39 is 5.60 Å². The number of ether oxygens (including phenoxy) is 1. The zero-order chi connectivity index (χ0) is 24.4. The summed E-state index contributed by atoms with van der Waals surface area (Å²) in [4.78, 5) is 27.7. The number of anilines is 2. The Morgan fingerprint density at radius 2 is 2.11 bits per heavy atom. The third-order valence-corrected chi connectivity index (χ3v) is 6.82. The van der Waals surface area contributed by atoms with Gasteiger partial charge in [0.2, 0.25) is 5.95 Å². The molecular formula is C24H25N7O3S. The number of likely N-dealkylation sites (tertiary alicyclic amines) is 1. The minimum atomic E-state index is -1.49. The Hall–Kier alpha value is -3.67. The fourth-order valence-electron chi connectivity index (χ4n) is 3.97. The lowest BCUT2D eigenvalue weighted by Crippen LogP contribution is -2.36. The van der Waals surface area contributed by atoms with Crippen LogP contribution in [0.15, 0.2) is 54.2 Å². The van der Waals surface area contributed by atoms with E-state index in [1.807, 2.05) is 35.8 Å². The molecule has 180 valence electrons. The van der Waals surface area contributed by atoms with Crippen molar-refractivity contribution in [2.45, 2.75) is 18.6 Å². The number of carbonyl (C=O) groups is 1. The Morgan fingerprint density at radius 1 is 1.23 bits per heavy atom. The molecule has 5 rings (SSSR count). The van der Waals surface area contributed by atoms with Crippen molar-refractivity contribution in [3.8, 4) is 22.0 Å². The average Bonchev–Trinajstić information content (AvgIpc) is 3.61. The SMILES string of the molecule is COCCn1ccc(Nc2nccc(-c3csc(-c4cccc(C5(O)CCN(C)C5=O)c4)n3)n2)n1. The summed E-state index contributed by atoms with van der Waals surface area (Å²) in [6.07, 6.45) is 3.90. The van der Waals surface area contributed by atoms with Crippen LogP contribution in [0.5, 0.6) is 0 Å². The van der Waals surface area contributed by atoms with Crippen LogP contribution >= 0.6 is 11.3 Å². The van der Waals surface area contributed by atoms with Gasteiger partial charge in [0.1, 0.15) is 10.7 Å². The molecular weight excluding hydrogens is 466 g/mol. The molecule has 0 aliphatic carbocycles. The van der Waals surface area contributed by atoms with Gasteiger partial charge >= 0.3 is 0 Å². The molecule has 2 N–H and O–H groups in total. The number of hydrogen-bond acceptors (Lipinski definition) is 9. The van der Waals surface area contributed by atoms with Crippen molar-refractivity contribution in [2.75, 3.05) is 32.6 Å². The van der Waals surface area contributed by atoms with E-state index >= 15 is 0 Å². The van der Waals surface area contributed by atoms with Gasteiger partial charge in [-0.1, -0.05) is 18.2 Å². The summed E-state index contributed by atoms with van der Waals surface area (Å²) in [6, 6.07) is 11.0. The van der Waals surface area contributed by atoms with Crippen LogP contribution in [-0.2, 0) is 21.7 Å². The molecule has 1 fully saturated rings. The largest absolute Gasteiger partial charge is 0.383 e. The summed E-state index contributed by atoms with van der Waals surface area (Å²) < 4.78 is 6.86. The van der Waals surface area contributed by atoms with Crippen molar-refractivity contribution in [2.24, 2.45) is 0 Å². The average molecular weight is 492 g/mol. The number of likely N-dealkylation sites (N-methyl/N-ethyl adjacent to an activating group) is 1. The van der Waals surface area contributed by atoms with E-state index in [1.54, 1.807) is 42.1 Å². The van der Waals surface area contributed by atoms with E-state index in [0.717, 1.165) is 10.6 Å².